The van der Waals surface area contributed by atoms with E-state index in [4.69, 9.17) is 45.3 Å². The molecule has 0 heterocycles. The molecule has 0 aromatic heterocycles. The fraction of sp³-hybridized carbons (Fsp3) is 0.200. The first-order chi connectivity index (χ1) is 9.79. The number of nitrogens with two attached hydrogens (primary N) is 1. The number of halogens is 4. The van der Waals surface area contributed by atoms with Gasteiger partial charge in [0.15, 0.2) is 0 Å². The molecule has 2 aromatic carbocycles. The van der Waals surface area contributed by atoms with Crippen molar-refractivity contribution in [1.29, 1.82) is 0 Å². The Morgan fingerprint density at radius 2 is 1.62 bits per heavy atom. The van der Waals surface area contributed by atoms with E-state index >= 15 is 0 Å². The third-order valence-corrected chi connectivity index (χ3v) is 3.99. The molecule has 21 heavy (non-hydrogen) atoms. The van der Waals surface area contributed by atoms with Crippen molar-refractivity contribution >= 4 is 34.8 Å². The van der Waals surface area contributed by atoms with E-state index < -0.39 is 6.04 Å². The fourth-order valence-electron chi connectivity index (χ4n) is 1.82. The van der Waals surface area contributed by atoms with Crippen LogP contribution in [0.5, 0.6) is 11.5 Å². The van der Waals surface area contributed by atoms with Crippen molar-refractivity contribution in [2.75, 3.05) is 0 Å². The summed E-state index contributed by atoms with van der Waals surface area (Å²) in [6.07, 6.45) is 0. The number of benzene rings is 2. The zero-order chi connectivity index (χ0) is 15.7. The maximum atomic E-state index is 13.7. The summed E-state index contributed by atoms with van der Waals surface area (Å²) in [5, 5.41) is 0.955. The van der Waals surface area contributed by atoms with Crippen LogP contribution in [0.2, 0.25) is 15.1 Å². The van der Waals surface area contributed by atoms with Crippen molar-refractivity contribution in [1.82, 2.24) is 0 Å². The highest BCUT2D eigenvalue weighted by atomic mass is 35.5. The monoisotopic (exact) mass is 347 g/mol. The van der Waals surface area contributed by atoms with Crippen LogP contribution in [0.25, 0.3) is 0 Å². The SMILES string of the molecule is Cc1cc(Oc2cc(Cl)c(Cl)cc2Cl)c([C@@H](C)N)cc1F. The van der Waals surface area contributed by atoms with Crippen molar-refractivity contribution in [2.24, 2.45) is 5.73 Å². The van der Waals surface area contributed by atoms with Crippen molar-refractivity contribution in [3.63, 3.8) is 0 Å². The van der Waals surface area contributed by atoms with Crippen LogP contribution in [0.3, 0.4) is 0 Å². The van der Waals surface area contributed by atoms with Gasteiger partial charge >= 0.3 is 0 Å². The Morgan fingerprint density at radius 3 is 2.24 bits per heavy atom. The highest BCUT2D eigenvalue weighted by Gasteiger charge is 2.15. The molecule has 0 unspecified atom stereocenters. The summed E-state index contributed by atoms with van der Waals surface area (Å²) < 4.78 is 19.4. The molecule has 0 saturated heterocycles. The van der Waals surface area contributed by atoms with Crippen molar-refractivity contribution in [3.05, 3.63) is 56.3 Å². The molecule has 0 aliphatic rings. The summed E-state index contributed by atoms with van der Waals surface area (Å²) in [5.74, 6) is 0.429. The minimum atomic E-state index is -0.392. The molecule has 0 radical (unpaired) electrons. The Kier molecular flexibility index (Phi) is 4.99. The lowest BCUT2D eigenvalue weighted by Crippen LogP contribution is -2.08. The number of hydrogen-bond donors (Lipinski definition) is 1. The third kappa shape index (κ3) is 3.61. The second-order valence-electron chi connectivity index (χ2n) is 4.73. The van der Waals surface area contributed by atoms with Crippen LogP contribution in [-0.2, 0) is 0 Å². The van der Waals surface area contributed by atoms with E-state index in [1.54, 1.807) is 19.9 Å². The molecule has 2 aromatic rings. The van der Waals surface area contributed by atoms with E-state index in [0.29, 0.717) is 37.7 Å². The van der Waals surface area contributed by atoms with Gasteiger partial charge in [0.25, 0.3) is 0 Å². The van der Waals surface area contributed by atoms with Gasteiger partial charge in [-0.25, -0.2) is 4.39 Å². The molecule has 2 rings (SSSR count). The van der Waals surface area contributed by atoms with E-state index in [-0.39, 0.29) is 5.82 Å². The fourth-order valence-corrected chi connectivity index (χ4v) is 2.39. The van der Waals surface area contributed by atoms with Gasteiger partial charge in [0.05, 0.1) is 15.1 Å². The molecule has 2 nitrogen and oxygen atoms in total. The van der Waals surface area contributed by atoms with E-state index in [0.717, 1.165) is 0 Å². The first-order valence-corrected chi connectivity index (χ1v) is 7.31. The maximum Gasteiger partial charge on any atom is 0.147 e. The zero-order valence-electron chi connectivity index (χ0n) is 11.4. The van der Waals surface area contributed by atoms with Gasteiger partial charge in [-0.3, -0.25) is 0 Å². The maximum absolute atomic E-state index is 13.7. The molecule has 1 atom stereocenters. The van der Waals surface area contributed by atoms with Gasteiger partial charge in [-0.15, -0.1) is 0 Å². The van der Waals surface area contributed by atoms with Crippen LogP contribution < -0.4 is 10.5 Å². The summed E-state index contributed by atoms with van der Waals surface area (Å²) in [7, 11) is 0. The lowest BCUT2D eigenvalue weighted by atomic mass is 10.1. The molecular weight excluding hydrogens is 336 g/mol. The summed E-state index contributed by atoms with van der Waals surface area (Å²) in [5.41, 5.74) is 6.84. The van der Waals surface area contributed by atoms with Crippen LogP contribution in [0.15, 0.2) is 24.3 Å². The van der Waals surface area contributed by atoms with Crippen molar-refractivity contribution in [3.8, 4) is 11.5 Å². The van der Waals surface area contributed by atoms with Gasteiger partial charge in [0, 0.05) is 17.7 Å². The molecule has 0 aliphatic heterocycles. The first kappa shape index (κ1) is 16.4. The van der Waals surface area contributed by atoms with E-state index in [1.165, 1.54) is 18.2 Å². The normalized spacial score (nSPS) is 12.3. The van der Waals surface area contributed by atoms with Crippen LogP contribution in [0, 0.1) is 12.7 Å². The number of hydrogen-bond acceptors (Lipinski definition) is 2. The Balaban J connectivity index is 2.48. The molecule has 6 heteroatoms. The Morgan fingerprint density at radius 1 is 1.00 bits per heavy atom. The predicted molar refractivity (Wildman–Crippen MR) is 85.3 cm³/mol. The van der Waals surface area contributed by atoms with Crippen molar-refractivity contribution < 1.29 is 9.13 Å². The Bertz CT molecular complexity index is 689. The highest BCUT2D eigenvalue weighted by molar-refractivity contribution is 6.43. The van der Waals surface area contributed by atoms with Gasteiger partial charge in [-0.1, -0.05) is 34.8 Å². The molecule has 0 spiro atoms. The van der Waals surface area contributed by atoms with Crippen molar-refractivity contribution in [2.45, 2.75) is 19.9 Å². The Hall–Kier alpha value is -1.00. The second kappa shape index (κ2) is 6.41. The third-order valence-electron chi connectivity index (χ3n) is 2.98. The van der Waals surface area contributed by atoms with E-state index in [2.05, 4.69) is 0 Å². The van der Waals surface area contributed by atoms with Crippen LogP contribution in [-0.4, -0.2) is 0 Å². The number of ether oxygens (including phenoxy) is 1. The van der Waals surface area contributed by atoms with Gasteiger partial charge in [-0.2, -0.15) is 0 Å². The minimum absolute atomic E-state index is 0.307. The Labute approximate surface area is 137 Å². The van der Waals surface area contributed by atoms with Crippen LogP contribution in [0.4, 0.5) is 4.39 Å². The quantitative estimate of drug-likeness (QED) is 0.700. The van der Waals surface area contributed by atoms with Crippen LogP contribution >= 0.6 is 34.8 Å². The lowest BCUT2D eigenvalue weighted by molar-refractivity contribution is 0.468. The minimum Gasteiger partial charge on any atom is -0.455 e. The molecule has 0 fully saturated rings. The van der Waals surface area contributed by atoms with E-state index in [1.807, 2.05) is 0 Å². The molecule has 0 bridgehead atoms. The smallest absolute Gasteiger partial charge is 0.147 e. The molecular formula is C15H13Cl3FNO. The molecule has 0 saturated carbocycles. The van der Waals surface area contributed by atoms with Gasteiger partial charge < -0.3 is 10.5 Å². The zero-order valence-corrected chi connectivity index (χ0v) is 13.7. The van der Waals surface area contributed by atoms with Gasteiger partial charge in [0.1, 0.15) is 17.3 Å². The highest BCUT2D eigenvalue weighted by Crippen LogP contribution is 2.38. The first-order valence-electron chi connectivity index (χ1n) is 6.17. The van der Waals surface area contributed by atoms with Gasteiger partial charge in [-0.05, 0) is 37.6 Å². The summed E-state index contributed by atoms with van der Waals surface area (Å²) in [6.45, 7) is 3.39. The van der Waals surface area contributed by atoms with Gasteiger partial charge in [0.2, 0.25) is 0 Å². The summed E-state index contributed by atoms with van der Waals surface area (Å²) in [4.78, 5) is 0. The lowest BCUT2D eigenvalue weighted by Gasteiger charge is -2.16. The predicted octanol–water partition coefficient (Wildman–Crippen LogP) is 5.91. The summed E-state index contributed by atoms with van der Waals surface area (Å²) in [6, 6.07) is 5.54. The molecule has 112 valence electrons. The van der Waals surface area contributed by atoms with Crippen LogP contribution in [0.1, 0.15) is 24.1 Å². The number of aryl methyl sites for hydroxylation is 1. The second-order valence-corrected chi connectivity index (χ2v) is 5.95. The molecule has 0 aliphatic carbocycles. The average Bonchev–Trinajstić information content (AvgIpc) is 2.39. The average molecular weight is 349 g/mol. The van der Waals surface area contributed by atoms with E-state index in [9.17, 15) is 4.39 Å². The summed E-state index contributed by atoms with van der Waals surface area (Å²) >= 11 is 17.9. The molecule has 0 amide bonds. The number of rotatable bonds is 3. The topological polar surface area (TPSA) is 35.2 Å². The largest absolute Gasteiger partial charge is 0.455 e. The molecule has 2 N–H and O–H groups in total. The standard InChI is InChI=1S/C15H13Cl3FNO/c1-7-3-14(9(8(2)20)4-13(7)19)21-15-6-11(17)10(16)5-12(15)18/h3-6,8H,20H2,1-2H3/t8-/m1/s1.